The van der Waals surface area contributed by atoms with Crippen molar-refractivity contribution in [2.45, 2.75) is 6.42 Å². The minimum Gasteiger partial charge on any atom is -0.491 e. The molecule has 1 heterocycles. The van der Waals surface area contributed by atoms with E-state index >= 15 is 0 Å². The zero-order chi connectivity index (χ0) is 10.7. The van der Waals surface area contributed by atoms with Gasteiger partial charge in [0.15, 0.2) is 11.6 Å². The number of hydrogen-bond acceptors (Lipinski definition) is 2. The summed E-state index contributed by atoms with van der Waals surface area (Å²) in [5.74, 6) is -0.457. The van der Waals surface area contributed by atoms with Crippen molar-refractivity contribution in [3.05, 3.63) is 29.8 Å². The maximum Gasteiger partial charge on any atom is 0.167 e. The van der Waals surface area contributed by atoms with Gasteiger partial charge in [-0.2, -0.15) is 0 Å². The first-order valence-electron chi connectivity index (χ1n) is 5.04. The number of ether oxygens (including phenoxy) is 1. The fourth-order valence-electron chi connectivity index (χ4n) is 1.48. The molecule has 0 bridgehead atoms. The molecule has 4 heteroatoms. The van der Waals surface area contributed by atoms with Crippen LogP contribution in [0.4, 0.5) is 8.78 Å². The van der Waals surface area contributed by atoms with E-state index in [1.165, 1.54) is 12.1 Å². The topological polar surface area (TPSA) is 21.3 Å². The Morgan fingerprint density at radius 1 is 1.33 bits per heavy atom. The molecule has 1 aliphatic rings. The molecule has 2 nitrogen and oxygen atoms in total. The summed E-state index contributed by atoms with van der Waals surface area (Å²) in [6, 6.07) is 3.35. The minimum absolute atomic E-state index is 0.128. The minimum atomic E-state index is -0.637. The number of benzene rings is 1. The van der Waals surface area contributed by atoms with E-state index in [1.807, 2.05) is 0 Å². The summed E-state index contributed by atoms with van der Waals surface area (Å²) in [6.45, 7) is 2.50. The van der Waals surface area contributed by atoms with Crippen molar-refractivity contribution in [2.24, 2.45) is 5.92 Å². The van der Waals surface area contributed by atoms with E-state index in [-0.39, 0.29) is 5.75 Å². The maximum absolute atomic E-state index is 13.1. The fraction of sp³-hybridized carbons (Fsp3) is 0.455. The largest absolute Gasteiger partial charge is 0.491 e. The predicted molar refractivity (Wildman–Crippen MR) is 52.8 cm³/mol. The van der Waals surface area contributed by atoms with Crippen LogP contribution in [0.5, 0.6) is 5.75 Å². The molecular formula is C11H13F2NO. The molecule has 1 aliphatic heterocycles. The average molecular weight is 213 g/mol. The van der Waals surface area contributed by atoms with E-state index in [1.54, 1.807) is 0 Å². The molecule has 0 unspecified atom stereocenters. The molecule has 2 rings (SSSR count). The smallest absolute Gasteiger partial charge is 0.167 e. The van der Waals surface area contributed by atoms with Gasteiger partial charge in [-0.05, 0) is 37.6 Å². The van der Waals surface area contributed by atoms with Crippen LogP contribution in [0, 0.1) is 17.6 Å². The van der Waals surface area contributed by atoms with Gasteiger partial charge in [0.1, 0.15) is 5.82 Å². The Morgan fingerprint density at radius 3 is 2.73 bits per heavy atom. The van der Waals surface area contributed by atoms with Crippen LogP contribution >= 0.6 is 0 Å². The van der Waals surface area contributed by atoms with Crippen molar-refractivity contribution >= 4 is 0 Å². The summed E-state index contributed by atoms with van der Waals surface area (Å²) in [6.07, 6.45) is 0.907. The first kappa shape index (κ1) is 10.4. The van der Waals surface area contributed by atoms with Gasteiger partial charge < -0.3 is 10.1 Å². The number of nitrogens with one attached hydrogen (secondary N) is 1. The molecule has 0 aliphatic carbocycles. The van der Waals surface area contributed by atoms with Gasteiger partial charge >= 0.3 is 0 Å². The molecule has 0 amide bonds. The molecule has 82 valence electrons. The molecule has 15 heavy (non-hydrogen) atoms. The highest BCUT2D eigenvalue weighted by Crippen LogP contribution is 2.18. The molecule has 1 aromatic carbocycles. The van der Waals surface area contributed by atoms with Crippen LogP contribution in [0.25, 0.3) is 0 Å². The lowest BCUT2D eigenvalue weighted by atomic mass is 10.0. The lowest BCUT2D eigenvalue weighted by molar-refractivity contribution is 0.231. The monoisotopic (exact) mass is 213 g/mol. The van der Waals surface area contributed by atoms with Gasteiger partial charge in [0.05, 0.1) is 6.61 Å². The third kappa shape index (κ3) is 2.65. The highest BCUT2D eigenvalue weighted by Gasteiger charge is 2.16. The van der Waals surface area contributed by atoms with Crippen molar-refractivity contribution < 1.29 is 13.5 Å². The van der Waals surface area contributed by atoms with E-state index in [4.69, 9.17) is 4.74 Å². The highest BCUT2D eigenvalue weighted by molar-refractivity contribution is 5.24. The van der Waals surface area contributed by atoms with Gasteiger partial charge in [-0.25, -0.2) is 8.78 Å². The Balaban J connectivity index is 1.81. The van der Waals surface area contributed by atoms with Gasteiger partial charge in [-0.3, -0.25) is 0 Å². The van der Waals surface area contributed by atoms with Crippen molar-refractivity contribution in [3.8, 4) is 5.75 Å². The van der Waals surface area contributed by atoms with E-state index in [2.05, 4.69) is 5.32 Å². The lowest BCUT2D eigenvalue weighted by Crippen LogP contribution is -2.42. The standard InChI is InChI=1S/C11H13F2NO/c12-9-1-2-11(10(13)5-9)15-4-3-8-6-14-7-8/h1-2,5,8,14H,3-4,6-7H2. The summed E-state index contributed by atoms with van der Waals surface area (Å²) < 4.78 is 30.9. The Morgan fingerprint density at radius 2 is 2.13 bits per heavy atom. The molecule has 1 saturated heterocycles. The second-order valence-electron chi connectivity index (χ2n) is 3.74. The van der Waals surface area contributed by atoms with Gasteiger partial charge in [-0.1, -0.05) is 0 Å². The average Bonchev–Trinajstić information content (AvgIpc) is 2.12. The molecule has 1 fully saturated rings. The second-order valence-corrected chi connectivity index (χ2v) is 3.74. The van der Waals surface area contributed by atoms with Crippen LogP contribution in [0.15, 0.2) is 18.2 Å². The lowest BCUT2D eigenvalue weighted by Gasteiger charge is -2.26. The predicted octanol–water partition coefficient (Wildman–Crippen LogP) is 1.95. The molecular weight excluding hydrogens is 200 g/mol. The summed E-state index contributed by atoms with van der Waals surface area (Å²) in [4.78, 5) is 0. The van der Waals surface area contributed by atoms with Crippen LogP contribution in [-0.2, 0) is 0 Å². The van der Waals surface area contributed by atoms with Crippen LogP contribution in [0.1, 0.15) is 6.42 Å². The molecule has 0 radical (unpaired) electrons. The Labute approximate surface area is 87.2 Å². The second kappa shape index (κ2) is 4.57. The van der Waals surface area contributed by atoms with E-state index in [0.717, 1.165) is 25.6 Å². The van der Waals surface area contributed by atoms with Crippen molar-refractivity contribution in [1.29, 1.82) is 0 Å². The Kier molecular flexibility index (Phi) is 3.16. The van der Waals surface area contributed by atoms with Crippen LogP contribution < -0.4 is 10.1 Å². The number of hydrogen-bond donors (Lipinski definition) is 1. The fourth-order valence-corrected chi connectivity index (χ4v) is 1.48. The zero-order valence-electron chi connectivity index (χ0n) is 8.30. The van der Waals surface area contributed by atoms with Crippen molar-refractivity contribution in [1.82, 2.24) is 5.32 Å². The van der Waals surface area contributed by atoms with E-state index in [0.29, 0.717) is 12.5 Å². The summed E-state index contributed by atoms with van der Waals surface area (Å²) in [5.41, 5.74) is 0. The summed E-state index contributed by atoms with van der Waals surface area (Å²) >= 11 is 0. The number of rotatable bonds is 4. The molecule has 0 atom stereocenters. The Hall–Kier alpha value is -1.16. The van der Waals surface area contributed by atoms with Gasteiger partial charge in [0.2, 0.25) is 0 Å². The first-order valence-corrected chi connectivity index (χ1v) is 5.04. The third-order valence-electron chi connectivity index (χ3n) is 2.54. The normalized spacial score (nSPS) is 16.1. The molecule has 1 aromatic rings. The van der Waals surface area contributed by atoms with E-state index < -0.39 is 11.6 Å². The zero-order valence-corrected chi connectivity index (χ0v) is 8.30. The van der Waals surface area contributed by atoms with Gasteiger partial charge in [-0.15, -0.1) is 0 Å². The van der Waals surface area contributed by atoms with Crippen LogP contribution in [-0.4, -0.2) is 19.7 Å². The molecule has 0 spiro atoms. The Bertz CT molecular complexity index is 339. The van der Waals surface area contributed by atoms with Gasteiger partial charge in [0, 0.05) is 6.07 Å². The van der Waals surface area contributed by atoms with E-state index in [9.17, 15) is 8.78 Å². The highest BCUT2D eigenvalue weighted by atomic mass is 19.1. The number of halogens is 2. The first-order chi connectivity index (χ1) is 7.25. The quantitative estimate of drug-likeness (QED) is 0.825. The SMILES string of the molecule is Fc1ccc(OCCC2CNC2)c(F)c1. The van der Waals surface area contributed by atoms with Crippen molar-refractivity contribution in [3.63, 3.8) is 0 Å². The molecule has 0 saturated carbocycles. The summed E-state index contributed by atoms with van der Waals surface area (Å²) in [7, 11) is 0. The van der Waals surface area contributed by atoms with Crippen LogP contribution in [0.2, 0.25) is 0 Å². The molecule has 0 aromatic heterocycles. The van der Waals surface area contributed by atoms with Crippen LogP contribution in [0.3, 0.4) is 0 Å². The van der Waals surface area contributed by atoms with Crippen molar-refractivity contribution in [2.75, 3.05) is 19.7 Å². The molecule has 1 N–H and O–H groups in total. The summed E-state index contributed by atoms with van der Waals surface area (Å²) in [5, 5.41) is 3.15. The van der Waals surface area contributed by atoms with Gasteiger partial charge in [0.25, 0.3) is 0 Å². The maximum atomic E-state index is 13.1. The third-order valence-corrected chi connectivity index (χ3v) is 2.54.